The molecule has 2 N–H and O–H groups in total. The highest BCUT2D eigenvalue weighted by Gasteiger charge is 2.53. The molecule has 2 unspecified atom stereocenters. The maximum absolute atomic E-state index is 11.2. The smallest absolute Gasteiger partial charge is 0.111 e. The maximum atomic E-state index is 11.2. The van der Waals surface area contributed by atoms with Gasteiger partial charge in [-0.1, -0.05) is 55.1 Å². The van der Waals surface area contributed by atoms with Crippen molar-refractivity contribution < 1.29 is 10.2 Å². The predicted octanol–water partition coefficient (Wildman–Crippen LogP) is 2.49. The molecular formula is C17H20O2. The minimum atomic E-state index is -1.06. The minimum Gasteiger partial charge on any atom is -0.396 e. The van der Waals surface area contributed by atoms with Gasteiger partial charge in [0.15, 0.2) is 0 Å². The van der Waals surface area contributed by atoms with Crippen LogP contribution in [-0.4, -0.2) is 16.8 Å². The van der Waals surface area contributed by atoms with Crippen molar-refractivity contribution in [2.24, 2.45) is 23.7 Å². The number of aliphatic hydroxyl groups excluding tert-OH is 1. The van der Waals surface area contributed by atoms with Crippen LogP contribution >= 0.6 is 0 Å². The highest BCUT2D eigenvalue weighted by Crippen LogP contribution is 2.54. The molecule has 2 heteroatoms. The third-order valence-corrected chi connectivity index (χ3v) is 4.89. The van der Waals surface area contributed by atoms with Crippen LogP contribution in [0, 0.1) is 23.7 Å². The average molecular weight is 256 g/mol. The molecule has 5 atom stereocenters. The third-order valence-electron chi connectivity index (χ3n) is 4.89. The van der Waals surface area contributed by atoms with Crippen LogP contribution in [0.5, 0.6) is 0 Å². The SMILES string of the molecule is C=C[C@@](O)(c1ccccc1)[C@@H]1C2C=CC(C2)[C@@H]1CO. The molecule has 2 nitrogen and oxygen atoms in total. The van der Waals surface area contributed by atoms with Gasteiger partial charge in [-0.25, -0.2) is 0 Å². The van der Waals surface area contributed by atoms with E-state index in [4.69, 9.17) is 0 Å². The van der Waals surface area contributed by atoms with Crippen LogP contribution in [0.25, 0.3) is 0 Å². The van der Waals surface area contributed by atoms with Crippen LogP contribution < -0.4 is 0 Å². The molecule has 1 aromatic rings. The summed E-state index contributed by atoms with van der Waals surface area (Å²) >= 11 is 0. The number of allylic oxidation sites excluding steroid dienone is 2. The summed E-state index contributed by atoms with van der Waals surface area (Å²) in [6, 6.07) is 9.68. The van der Waals surface area contributed by atoms with Gasteiger partial charge in [0.25, 0.3) is 0 Å². The fourth-order valence-electron chi connectivity index (χ4n) is 3.98. The first kappa shape index (κ1) is 12.6. The molecule has 0 aliphatic heterocycles. The molecule has 0 heterocycles. The monoisotopic (exact) mass is 256 g/mol. The van der Waals surface area contributed by atoms with Gasteiger partial charge in [0.05, 0.1) is 0 Å². The highest BCUT2D eigenvalue weighted by molar-refractivity contribution is 5.31. The topological polar surface area (TPSA) is 40.5 Å². The molecule has 0 spiro atoms. The first-order valence-electron chi connectivity index (χ1n) is 6.91. The zero-order valence-corrected chi connectivity index (χ0v) is 10.9. The Morgan fingerprint density at radius 3 is 2.53 bits per heavy atom. The van der Waals surface area contributed by atoms with Crippen molar-refractivity contribution in [3.8, 4) is 0 Å². The fraction of sp³-hybridized carbons (Fsp3) is 0.412. The molecule has 19 heavy (non-hydrogen) atoms. The number of hydrogen-bond donors (Lipinski definition) is 2. The molecule has 2 bridgehead atoms. The molecule has 3 rings (SSSR count). The highest BCUT2D eigenvalue weighted by atomic mass is 16.3. The Morgan fingerprint density at radius 2 is 1.89 bits per heavy atom. The summed E-state index contributed by atoms with van der Waals surface area (Å²) < 4.78 is 0. The van der Waals surface area contributed by atoms with E-state index in [0.29, 0.717) is 11.8 Å². The van der Waals surface area contributed by atoms with Gasteiger partial charge in [0.2, 0.25) is 0 Å². The van der Waals surface area contributed by atoms with Gasteiger partial charge in [0.1, 0.15) is 5.60 Å². The summed E-state index contributed by atoms with van der Waals surface area (Å²) in [5.41, 5.74) is -0.187. The van der Waals surface area contributed by atoms with Gasteiger partial charge in [0, 0.05) is 12.5 Å². The summed E-state index contributed by atoms with van der Waals surface area (Å²) in [6.07, 6.45) is 7.07. The predicted molar refractivity (Wildman–Crippen MR) is 75.3 cm³/mol. The Kier molecular flexibility index (Phi) is 3.08. The molecule has 100 valence electrons. The van der Waals surface area contributed by atoms with E-state index >= 15 is 0 Å². The van der Waals surface area contributed by atoms with E-state index in [1.165, 1.54) is 0 Å². The van der Waals surface area contributed by atoms with Crippen molar-refractivity contribution in [2.75, 3.05) is 6.61 Å². The van der Waals surface area contributed by atoms with E-state index in [1.807, 2.05) is 30.3 Å². The molecule has 0 saturated heterocycles. The Bertz CT molecular complexity index is 493. The summed E-state index contributed by atoms with van der Waals surface area (Å²) in [5.74, 6) is 0.881. The van der Waals surface area contributed by atoms with Crippen LogP contribution in [0.15, 0.2) is 55.1 Å². The maximum Gasteiger partial charge on any atom is 0.111 e. The summed E-state index contributed by atoms with van der Waals surface area (Å²) in [4.78, 5) is 0. The standard InChI is InChI=1S/C17H20O2/c1-2-17(19,14-6-4-3-5-7-14)16-13-9-8-12(10-13)15(16)11-18/h2-9,12-13,15-16,18-19H,1,10-11H2/t12?,13?,15-,16+,17+/m0/s1. The van der Waals surface area contributed by atoms with Crippen molar-refractivity contribution in [2.45, 2.75) is 12.0 Å². The first-order chi connectivity index (χ1) is 9.20. The van der Waals surface area contributed by atoms with Gasteiger partial charge in [-0.2, -0.15) is 0 Å². The Labute approximate surface area is 114 Å². The van der Waals surface area contributed by atoms with Crippen LogP contribution in [0.1, 0.15) is 12.0 Å². The second-order valence-corrected chi connectivity index (χ2v) is 5.72. The number of aliphatic hydroxyl groups is 2. The van der Waals surface area contributed by atoms with Gasteiger partial charge in [-0.3, -0.25) is 0 Å². The lowest BCUT2D eigenvalue weighted by atomic mass is 9.69. The third kappa shape index (κ3) is 1.78. The molecular weight excluding hydrogens is 236 g/mol. The average Bonchev–Trinajstić information content (AvgIpc) is 3.07. The van der Waals surface area contributed by atoms with E-state index in [-0.39, 0.29) is 18.4 Å². The quantitative estimate of drug-likeness (QED) is 0.813. The minimum absolute atomic E-state index is 0.0207. The lowest BCUT2D eigenvalue weighted by molar-refractivity contribution is -0.0241. The summed E-state index contributed by atoms with van der Waals surface area (Å²) in [5, 5.41) is 20.8. The zero-order chi connectivity index (χ0) is 13.5. The molecule has 1 aromatic carbocycles. The van der Waals surface area contributed by atoms with Crippen molar-refractivity contribution >= 4 is 0 Å². The number of fused-ring (bicyclic) bond motifs is 2. The molecule has 0 amide bonds. The molecule has 0 aromatic heterocycles. The molecule has 1 fully saturated rings. The summed E-state index contributed by atoms with van der Waals surface area (Å²) in [6.45, 7) is 3.97. The van der Waals surface area contributed by atoms with Crippen LogP contribution in [0.4, 0.5) is 0 Å². The van der Waals surface area contributed by atoms with Gasteiger partial charge in [-0.15, -0.1) is 0 Å². The van der Waals surface area contributed by atoms with Crippen molar-refractivity contribution in [3.05, 3.63) is 60.7 Å². The number of rotatable bonds is 4. The summed E-state index contributed by atoms with van der Waals surface area (Å²) in [7, 11) is 0. The zero-order valence-electron chi connectivity index (χ0n) is 10.9. The van der Waals surface area contributed by atoms with E-state index in [0.717, 1.165) is 12.0 Å². The first-order valence-corrected chi connectivity index (χ1v) is 6.91. The van der Waals surface area contributed by atoms with Crippen LogP contribution in [0.3, 0.4) is 0 Å². The number of benzene rings is 1. The normalized spacial score (nSPS) is 35.3. The van der Waals surface area contributed by atoms with Crippen LogP contribution in [-0.2, 0) is 5.60 Å². The van der Waals surface area contributed by atoms with Crippen molar-refractivity contribution in [1.29, 1.82) is 0 Å². The van der Waals surface area contributed by atoms with Crippen molar-refractivity contribution in [1.82, 2.24) is 0 Å². The van der Waals surface area contributed by atoms with Gasteiger partial charge < -0.3 is 10.2 Å². The van der Waals surface area contributed by atoms with E-state index in [9.17, 15) is 10.2 Å². The van der Waals surface area contributed by atoms with E-state index in [1.54, 1.807) is 6.08 Å². The Morgan fingerprint density at radius 1 is 1.21 bits per heavy atom. The fourth-order valence-corrected chi connectivity index (χ4v) is 3.98. The van der Waals surface area contributed by atoms with Gasteiger partial charge >= 0.3 is 0 Å². The second-order valence-electron chi connectivity index (χ2n) is 5.72. The largest absolute Gasteiger partial charge is 0.396 e. The van der Waals surface area contributed by atoms with Crippen LogP contribution in [0.2, 0.25) is 0 Å². The lowest BCUT2D eigenvalue weighted by Crippen LogP contribution is -2.41. The number of hydrogen-bond acceptors (Lipinski definition) is 2. The lowest BCUT2D eigenvalue weighted by Gasteiger charge is -2.39. The molecule has 2 aliphatic carbocycles. The molecule has 2 aliphatic rings. The van der Waals surface area contributed by atoms with Crippen molar-refractivity contribution in [3.63, 3.8) is 0 Å². The van der Waals surface area contributed by atoms with E-state index < -0.39 is 5.60 Å². The molecule has 1 saturated carbocycles. The van der Waals surface area contributed by atoms with E-state index in [2.05, 4.69) is 18.7 Å². The molecule has 0 radical (unpaired) electrons. The van der Waals surface area contributed by atoms with Gasteiger partial charge in [-0.05, 0) is 29.7 Å². The second kappa shape index (κ2) is 4.62. The Hall–Kier alpha value is -1.38. The Balaban J connectivity index is 2.03.